The van der Waals surface area contributed by atoms with Crippen molar-refractivity contribution in [2.24, 2.45) is 5.92 Å². The maximum atomic E-state index is 6.10. The second-order valence-electron chi connectivity index (χ2n) is 4.71. The summed E-state index contributed by atoms with van der Waals surface area (Å²) >= 11 is 12.1. The summed E-state index contributed by atoms with van der Waals surface area (Å²) in [6.07, 6.45) is 1.22. The molecule has 0 radical (unpaired) electrons. The van der Waals surface area contributed by atoms with E-state index in [0.29, 0.717) is 22.0 Å². The van der Waals surface area contributed by atoms with Crippen LogP contribution in [0.15, 0.2) is 18.2 Å². The van der Waals surface area contributed by atoms with E-state index in [0.717, 1.165) is 13.1 Å². The molecule has 94 valence electrons. The molecule has 1 aromatic rings. The third-order valence-electron chi connectivity index (χ3n) is 3.53. The van der Waals surface area contributed by atoms with Gasteiger partial charge in [-0.25, -0.2) is 0 Å². The van der Waals surface area contributed by atoms with Crippen LogP contribution in [0.5, 0.6) is 0 Å². The highest BCUT2D eigenvalue weighted by Crippen LogP contribution is 2.37. The highest BCUT2D eigenvalue weighted by molar-refractivity contribution is 6.42. The van der Waals surface area contributed by atoms with Crippen molar-refractivity contribution in [3.05, 3.63) is 33.8 Å². The van der Waals surface area contributed by atoms with Crippen LogP contribution in [0.25, 0.3) is 0 Å². The quantitative estimate of drug-likeness (QED) is 0.909. The van der Waals surface area contributed by atoms with E-state index in [1.807, 2.05) is 19.2 Å². The first kappa shape index (κ1) is 13.2. The van der Waals surface area contributed by atoms with Crippen LogP contribution in [0.3, 0.4) is 0 Å². The first-order chi connectivity index (χ1) is 8.13. The highest BCUT2D eigenvalue weighted by atomic mass is 35.5. The maximum absolute atomic E-state index is 6.10. The molecule has 0 amide bonds. The Morgan fingerprint density at radius 1 is 1.35 bits per heavy atom. The smallest absolute Gasteiger partial charge is 0.0595 e. The Balaban J connectivity index is 2.26. The van der Waals surface area contributed by atoms with Crippen molar-refractivity contribution in [1.82, 2.24) is 10.2 Å². The number of rotatable bonds is 3. The Morgan fingerprint density at radius 3 is 2.76 bits per heavy atom. The summed E-state index contributed by atoms with van der Waals surface area (Å²) in [6.45, 7) is 2.17. The molecule has 1 heterocycles. The molecule has 4 heteroatoms. The van der Waals surface area contributed by atoms with Crippen molar-refractivity contribution in [2.75, 3.05) is 27.2 Å². The lowest BCUT2D eigenvalue weighted by molar-refractivity contribution is 0.274. The predicted molar refractivity (Wildman–Crippen MR) is 73.9 cm³/mol. The van der Waals surface area contributed by atoms with E-state index in [4.69, 9.17) is 23.2 Å². The number of nitrogens with zero attached hydrogens (tertiary/aromatic N) is 1. The predicted octanol–water partition coefficient (Wildman–Crippen LogP) is 3.21. The summed E-state index contributed by atoms with van der Waals surface area (Å²) in [6, 6.07) is 6.42. The number of halogens is 2. The minimum absolute atomic E-state index is 0.442. The number of benzene rings is 1. The van der Waals surface area contributed by atoms with Crippen molar-refractivity contribution in [1.29, 1.82) is 0 Å². The van der Waals surface area contributed by atoms with Crippen LogP contribution >= 0.6 is 23.2 Å². The van der Waals surface area contributed by atoms with Gasteiger partial charge in [0.2, 0.25) is 0 Å². The third-order valence-corrected chi connectivity index (χ3v) is 4.26. The van der Waals surface area contributed by atoms with Gasteiger partial charge >= 0.3 is 0 Å². The lowest BCUT2D eigenvalue weighted by Gasteiger charge is -2.25. The molecular formula is C13H18Cl2N2. The van der Waals surface area contributed by atoms with Crippen LogP contribution in [-0.2, 0) is 0 Å². The fourth-order valence-electron chi connectivity index (χ4n) is 2.73. The number of likely N-dealkylation sites (tertiary alicyclic amines) is 1. The van der Waals surface area contributed by atoms with E-state index in [2.05, 4.69) is 23.3 Å². The first-order valence-corrected chi connectivity index (χ1v) is 6.69. The molecule has 17 heavy (non-hydrogen) atoms. The Labute approximate surface area is 113 Å². The van der Waals surface area contributed by atoms with Gasteiger partial charge in [-0.15, -0.1) is 0 Å². The fraction of sp³-hybridized carbons (Fsp3) is 0.538. The minimum atomic E-state index is 0.442. The Kier molecular flexibility index (Phi) is 4.31. The van der Waals surface area contributed by atoms with Gasteiger partial charge in [0.05, 0.1) is 10.0 Å². The summed E-state index contributed by atoms with van der Waals surface area (Å²) in [4.78, 5) is 2.39. The van der Waals surface area contributed by atoms with Crippen molar-refractivity contribution >= 4 is 23.2 Å². The topological polar surface area (TPSA) is 15.3 Å². The summed E-state index contributed by atoms with van der Waals surface area (Å²) in [5.74, 6) is 0.641. The lowest BCUT2D eigenvalue weighted by Crippen LogP contribution is -2.26. The zero-order chi connectivity index (χ0) is 12.4. The van der Waals surface area contributed by atoms with Gasteiger partial charge < -0.3 is 5.32 Å². The van der Waals surface area contributed by atoms with Crippen LogP contribution in [0, 0.1) is 5.92 Å². The van der Waals surface area contributed by atoms with Gasteiger partial charge in [0.15, 0.2) is 0 Å². The molecule has 2 nitrogen and oxygen atoms in total. The second kappa shape index (κ2) is 5.57. The van der Waals surface area contributed by atoms with Crippen LogP contribution in [0.4, 0.5) is 0 Å². The Morgan fingerprint density at radius 2 is 2.12 bits per heavy atom. The average molecular weight is 273 g/mol. The van der Waals surface area contributed by atoms with E-state index >= 15 is 0 Å². The number of hydrogen-bond donors (Lipinski definition) is 1. The normalized spacial score (nSPS) is 25.4. The van der Waals surface area contributed by atoms with E-state index in [-0.39, 0.29) is 0 Å². The van der Waals surface area contributed by atoms with Gasteiger partial charge in [-0.2, -0.15) is 0 Å². The molecule has 1 N–H and O–H groups in total. The fourth-order valence-corrected chi connectivity index (χ4v) is 3.03. The van der Waals surface area contributed by atoms with E-state index in [1.54, 1.807) is 0 Å². The Bertz CT molecular complexity index is 393. The molecule has 0 aliphatic carbocycles. The summed E-state index contributed by atoms with van der Waals surface area (Å²) in [5.41, 5.74) is 1.26. The van der Waals surface area contributed by atoms with Gasteiger partial charge in [0.25, 0.3) is 0 Å². The molecule has 1 aliphatic rings. The molecule has 0 bridgehead atoms. The maximum Gasteiger partial charge on any atom is 0.0595 e. The van der Waals surface area contributed by atoms with Crippen LogP contribution in [-0.4, -0.2) is 32.1 Å². The SMILES string of the molecule is CNCC1CCN(C)C1c1ccc(Cl)c(Cl)c1. The standard InChI is InChI=1S/C13H18Cl2N2/c1-16-8-10-5-6-17(2)13(10)9-3-4-11(14)12(15)7-9/h3-4,7,10,13,16H,5-6,8H2,1-2H3. The zero-order valence-electron chi connectivity index (χ0n) is 10.2. The molecule has 2 atom stereocenters. The van der Waals surface area contributed by atoms with Crippen molar-refractivity contribution < 1.29 is 0 Å². The summed E-state index contributed by atoms with van der Waals surface area (Å²) in [5, 5.41) is 4.54. The van der Waals surface area contributed by atoms with Crippen molar-refractivity contribution in [3.8, 4) is 0 Å². The van der Waals surface area contributed by atoms with Crippen molar-refractivity contribution in [3.63, 3.8) is 0 Å². The van der Waals surface area contributed by atoms with Crippen LogP contribution < -0.4 is 5.32 Å². The average Bonchev–Trinajstić information content (AvgIpc) is 2.65. The molecule has 1 aromatic carbocycles. The summed E-state index contributed by atoms with van der Waals surface area (Å²) < 4.78 is 0. The van der Waals surface area contributed by atoms with Gasteiger partial charge in [0, 0.05) is 6.04 Å². The molecule has 1 fully saturated rings. The summed E-state index contributed by atoms with van der Waals surface area (Å²) in [7, 11) is 4.17. The van der Waals surface area contributed by atoms with E-state index < -0.39 is 0 Å². The molecule has 1 saturated heterocycles. The van der Waals surface area contributed by atoms with Gasteiger partial charge in [-0.1, -0.05) is 29.3 Å². The van der Waals surface area contributed by atoms with E-state index in [1.165, 1.54) is 12.0 Å². The Hall–Kier alpha value is -0.280. The van der Waals surface area contributed by atoms with Gasteiger partial charge in [0.1, 0.15) is 0 Å². The van der Waals surface area contributed by atoms with Crippen LogP contribution in [0.2, 0.25) is 10.0 Å². The largest absolute Gasteiger partial charge is 0.319 e. The van der Waals surface area contributed by atoms with Crippen molar-refractivity contribution in [2.45, 2.75) is 12.5 Å². The molecule has 0 spiro atoms. The van der Waals surface area contributed by atoms with Gasteiger partial charge in [-0.05, 0) is 57.2 Å². The molecule has 0 aromatic heterocycles. The molecule has 0 saturated carbocycles. The molecular weight excluding hydrogens is 255 g/mol. The first-order valence-electron chi connectivity index (χ1n) is 5.93. The second-order valence-corrected chi connectivity index (χ2v) is 5.52. The molecule has 1 aliphatic heterocycles. The zero-order valence-corrected chi connectivity index (χ0v) is 11.7. The molecule has 2 rings (SSSR count). The number of nitrogens with one attached hydrogen (secondary N) is 1. The minimum Gasteiger partial charge on any atom is -0.319 e. The monoisotopic (exact) mass is 272 g/mol. The number of hydrogen-bond acceptors (Lipinski definition) is 2. The highest BCUT2D eigenvalue weighted by Gasteiger charge is 2.32. The van der Waals surface area contributed by atoms with E-state index in [9.17, 15) is 0 Å². The van der Waals surface area contributed by atoms with Crippen LogP contribution in [0.1, 0.15) is 18.0 Å². The van der Waals surface area contributed by atoms with Gasteiger partial charge in [-0.3, -0.25) is 4.90 Å². The molecule has 2 unspecified atom stereocenters. The lowest BCUT2D eigenvalue weighted by atomic mass is 9.94. The third kappa shape index (κ3) is 2.76.